The van der Waals surface area contributed by atoms with Gasteiger partial charge in [0.15, 0.2) is 0 Å². The van der Waals surface area contributed by atoms with Crippen molar-refractivity contribution >= 4 is 17.6 Å². The molecule has 0 atom stereocenters. The number of amides is 1. The van der Waals surface area contributed by atoms with Gasteiger partial charge >= 0.3 is 5.97 Å². The number of carboxylic acid groups (broad SMARTS) is 1. The number of carbonyl (C=O) groups is 2. The number of aryl methyl sites for hydroxylation is 1. The summed E-state index contributed by atoms with van der Waals surface area (Å²) in [5, 5.41) is 9.31. The van der Waals surface area contributed by atoms with Crippen LogP contribution in [0, 0.1) is 0 Å². The van der Waals surface area contributed by atoms with Crippen LogP contribution in [-0.4, -0.2) is 30.6 Å². The Morgan fingerprint density at radius 2 is 1.96 bits per heavy atom. The number of ether oxygens (including phenoxy) is 1. The second-order valence-corrected chi connectivity index (χ2v) is 6.14. The summed E-state index contributed by atoms with van der Waals surface area (Å²) in [6, 6.07) is 12.4. The van der Waals surface area contributed by atoms with Gasteiger partial charge < -0.3 is 14.7 Å². The summed E-state index contributed by atoms with van der Waals surface area (Å²) in [5.41, 5.74) is 2.72. The van der Waals surface area contributed by atoms with E-state index < -0.39 is 5.97 Å². The normalized spacial score (nSPS) is 13.7. The maximum Gasteiger partial charge on any atom is 0.335 e. The second-order valence-electron chi connectivity index (χ2n) is 6.14. The van der Waals surface area contributed by atoms with Crippen LogP contribution in [0.15, 0.2) is 42.5 Å². The number of rotatable bonds is 4. The van der Waals surface area contributed by atoms with Crippen molar-refractivity contribution in [2.24, 2.45) is 0 Å². The van der Waals surface area contributed by atoms with Gasteiger partial charge in [-0.1, -0.05) is 18.2 Å². The zero-order chi connectivity index (χ0) is 17.8. The summed E-state index contributed by atoms with van der Waals surface area (Å²) in [6.45, 7) is 0.646. The lowest BCUT2D eigenvalue weighted by Gasteiger charge is -2.23. The molecule has 2 aromatic rings. The van der Waals surface area contributed by atoms with Crippen LogP contribution in [-0.2, 0) is 17.6 Å². The van der Waals surface area contributed by atoms with Gasteiger partial charge in [-0.05, 0) is 54.7 Å². The lowest BCUT2D eigenvalue weighted by molar-refractivity contribution is -0.118. The highest BCUT2D eigenvalue weighted by Crippen LogP contribution is 2.30. The van der Waals surface area contributed by atoms with Gasteiger partial charge in [-0.3, -0.25) is 4.79 Å². The monoisotopic (exact) mass is 339 g/mol. The Bertz CT molecular complexity index is 800. The Labute approximate surface area is 146 Å². The summed E-state index contributed by atoms with van der Waals surface area (Å²) in [7, 11) is 1.63. The van der Waals surface area contributed by atoms with Gasteiger partial charge in [-0.15, -0.1) is 0 Å². The van der Waals surface area contributed by atoms with Crippen molar-refractivity contribution in [3.63, 3.8) is 0 Å². The van der Waals surface area contributed by atoms with Crippen LogP contribution in [0.2, 0.25) is 0 Å². The highest BCUT2D eigenvalue weighted by molar-refractivity contribution is 5.98. The molecular weight excluding hydrogens is 318 g/mol. The van der Waals surface area contributed by atoms with Crippen LogP contribution >= 0.6 is 0 Å². The van der Waals surface area contributed by atoms with E-state index in [0.29, 0.717) is 12.1 Å². The number of hydrogen-bond acceptors (Lipinski definition) is 3. The predicted octanol–water partition coefficient (Wildman–Crippen LogP) is 3.31. The molecule has 1 amide bonds. The Morgan fingerprint density at radius 3 is 2.72 bits per heavy atom. The third-order valence-electron chi connectivity index (χ3n) is 4.55. The molecule has 25 heavy (non-hydrogen) atoms. The lowest BCUT2D eigenvalue weighted by Crippen LogP contribution is -2.33. The fraction of sp³-hybridized carbons (Fsp3) is 0.300. The van der Waals surface area contributed by atoms with Crippen LogP contribution in [0.25, 0.3) is 0 Å². The summed E-state index contributed by atoms with van der Waals surface area (Å²) < 4.78 is 5.29. The van der Waals surface area contributed by atoms with Crippen LogP contribution in [0.5, 0.6) is 5.75 Å². The molecule has 3 rings (SSSR count). The minimum atomic E-state index is -1.01. The van der Waals surface area contributed by atoms with E-state index in [9.17, 15) is 14.7 Å². The number of fused-ring (bicyclic) bond motifs is 1. The van der Waals surface area contributed by atoms with Gasteiger partial charge in [0.05, 0.1) is 19.1 Å². The maximum absolute atomic E-state index is 12.9. The minimum Gasteiger partial charge on any atom is -0.497 e. The Hall–Kier alpha value is -2.82. The van der Waals surface area contributed by atoms with Crippen molar-refractivity contribution in [1.82, 2.24) is 0 Å². The van der Waals surface area contributed by atoms with E-state index in [1.165, 1.54) is 6.07 Å². The van der Waals surface area contributed by atoms with E-state index in [1.807, 2.05) is 18.2 Å². The predicted molar refractivity (Wildman–Crippen MR) is 95.4 cm³/mol. The number of nitrogens with zero attached hydrogens (tertiary/aromatic N) is 1. The molecule has 0 radical (unpaired) electrons. The smallest absolute Gasteiger partial charge is 0.335 e. The van der Waals surface area contributed by atoms with Gasteiger partial charge in [0.25, 0.3) is 0 Å². The Balaban J connectivity index is 1.89. The van der Waals surface area contributed by atoms with Crippen LogP contribution in [0.3, 0.4) is 0 Å². The second kappa shape index (κ2) is 7.38. The highest BCUT2D eigenvalue weighted by Gasteiger charge is 2.23. The number of hydrogen-bond donors (Lipinski definition) is 1. The number of carboxylic acids is 1. The molecule has 0 spiro atoms. The number of benzene rings is 2. The molecule has 0 bridgehead atoms. The first-order valence-electron chi connectivity index (χ1n) is 8.38. The fourth-order valence-corrected chi connectivity index (χ4v) is 3.26. The minimum absolute atomic E-state index is 0.0773. The first-order chi connectivity index (χ1) is 12.1. The molecule has 0 aromatic heterocycles. The van der Waals surface area contributed by atoms with Gasteiger partial charge in [0.2, 0.25) is 5.91 Å². The first kappa shape index (κ1) is 17.0. The van der Waals surface area contributed by atoms with E-state index in [-0.39, 0.29) is 17.9 Å². The number of carbonyl (C=O) groups excluding carboxylic acids is 1. The van der Waals surface area contributed by atoms with E-state index in [0.717, 1.165) is 36.3 Å². The molecule has 1 N–H and O–H groups in total. The van der Waals surface area contributed by atoms with E-state index in [2.05, 4.69) is 0 Å². The SMILES string of the molecule is COc1ccc2c(c1)CCCCN2C(=O)Cc1ccccc1C(=O)O. The molecule has 1 aliphatic heterocycles. The zero-order valence-corrected chi connectivity index (χ0v) is 14.2. The van der Waals surface area contributed by atoms with Crippen LogP contribution < -0.4 is 9.64 Å². The van der Waals surface area contributed by atoms with Crippen molar-refractivity contribution in [2.45, 2.75) is 25.7 Å². The summed E-state index contributed by atoms with van der Waals surface area (Å²) in [6.07, 6.45) is 2.91. The van der Waals surface area contributed by atoms with Crippen molar-refractivity contribution in [2.75, 3.05) is 18.6 Å². The average molecular weight is 339 g/mol. The van der Waals surface area contributed by atoms with Gasteiger partial charge in [-0.2, -0.15) is 0 Å². The molecule has 0 fully saturated rings. The van der Waals surface area contributed by atoms with Crippen molar-refractivity contribution in [3.8, 4) is 5.75 Å². The van der Waals surface area contributed by atoms with Gasteiger partial charge in [0.1, 0.15) is 5.75 Å². The zero-order valence-electron chi connectivity index (χ0n) is 14.2. The number of aromatic carboxylic acids is 1. The highest BCUT2D eigenvalue weighted by atomic mass is 16.5. The summed E-state index contributed by atoms with van der Waals surface area (Å²) >= 11 is 0. The topological polar surface area (TPSA) is 66.8 Å². The Morgan fingerprint density at radius 1 is 1.16 bits per heavy atom. The van der Waals surface area contributed by atoms with Crippen LogP contribution in [0.1, 0.15) is 34.3 Å². The molecule has 0 aliphatic carbocycles. The largest absolute Gasteiger partial charge is 0.497 e. The summed E-state index contributed by atoms with van der Waals surface area (Å²) in [5.74, 6) is -0.310. The molecule has 0 saturated carbocycles. The first-order valence-corrected chi connectivity index (χ1v) is 8.38. The average Bonchev–Trinajstić information content (AvgIpc) is 2.83. The standard InChI is InChI=1S/C20H21NO4/c1-25-16-9-10-18-15(12-16)7-4-5-11-21(18)19(22)13-14-6-2-3-8-17(14)20(23)24/h2-3,6,8-10,12H,4-5,7,11,13H2,1H3,(H,23,24). The lowest BCUT2D eigenvalue weighted by atomic mass is 10.0. The molecule has 5 heteroatoms. The summed E-state index contributed by atoms with van der Waals surface area (Å²) in [4.78, 5) is 26.1. The van der Waals surface area contributed by atoms with Crippen molar-refractivity contribution < 1.29 is 19.4 Å². The van der Waals surface area contributed by atoms with Gasteiger partial charge in [-0.25, -0.2) is 4.79 Å². The van der Waals surface area contributed by atoms with E-state index in [4.69, 9.17) is 4.74 Å². The molecule has 0 unspecified atom stereocenters. The molecule has 1 heterocycles. The van der Waals surface area contributed by atoms with Gasteiger partial charge in [0, 0.05) is 12.2 Å². The maximum atomic E-state index is 12.9. The van der Waals surface area contributed by atoms with Crippen molar-refractivity contribution in [1.29, 1.82) is 0 Å². The quantitative estimate of drug-likeness (QED) is 0.928. The van der Waals surface area contributed by atoms with Crippen LogP contribution in [0.4, 0.5) is 5.69 Å². The number of methoxy groups -OCH3 is 1. The third-order valence-corrected chi connectivity index (χ3v) is 4.55. The molecule has 2 aromatic carbocycles. The molecular formula is C20H21NO4. The third kappa shape index (κ3) is 3.65. The number of anilines is 1. The molecule has 1 aliphatic rings. The molecule has 130 valence electrons. The van der Waals surface area contributed by atoms with E-state index >= 15 is 0 Å². The Kier molecular flexibility index (Phi) is 5.03. The van der Waals surface area contributed by atoms with Crippen molar-refractivity contribution in [3.05, 3.63) is 59.2 Å². The molecule has 0 saturated heterocycles. The van der Waals surface area contributed by atoms with E-state index in [1.54, 1.807) is 30.2 Å². The fourth-order valence-electron chi connectivity index (χ4n) is 3.26. The molecule has 5 nitrogen and oxygen atoms in total.